The minimum atomic E-state index is -0.838. The number of aromatic nitrogens is 3. The maximum atomic E-state index is 11.7. The van der Waals surface area contributed by atoms with E-state index in [0.717, 1.165) is 18.7 Å². The van der Waals surface area contributed by atoms with Crippen LogP contribution in [0.4, 0.5) is 0 Å². The molecule has 0 amide bonds. The standard InChI is InChI=1S/C15H18N4O2/c16-6-3-4-11-8-15(11,14(20)21)12-9-19(10-18-12)13-5-1-2-7-17-13/h1-2,5,7,9-11H,3-4,6,8,16H2,(H,20,21)/t11-,15+/m0/s1. The molecule has 0 aliphatic heterocycles. The van der Waals surface area contributed by atoms with E-state index in [1.54, 1.807) is 23.3 Å². The van der Waals surface area contributed by atoms with Crippen LogP contribution in [0.5, 0.6) is 0 Å². The Kier molecular flexibility index (Phi) is 3.47. The Morgan fingerprint density at radius 3 is 3.00 bits per heavy atom. The molecular weight excluding hydrogens is 268 g/mol. The molecule has 1 aliphatic carbocycles. The van der Waals surface area contributed by atoms with Crippen molar-refractivity contribution in [1.29, 1.82) is 0 Å². The first-order valence-electron chi connectivity index (χ1n) is 7.08. The molecule has 2 aromatic heterocycles. The number of nitrogens with zero attached hydrogens (tertiary/aromatic N) is 3. The van der Waals surface area contributed by atoms with Crippen molar-refractivity contribution in [1.82, 2.24) is 14.5 Å². The zero-order chi connectivity index (χ0) is 14.9. The van der Waals surface area contributed by atoms with Crippen LogP contribution >= 0.6 is 0 Å². The lowest BCUT2D eigenvalue weighted by Crippen LogP contribution is -2.23. The van der Waals surface area contributed by atoms with E-state index >= 15 is 0 Å². The number of hydrogen-bond donors (Lipinski definition) is 2. The van der Waals surface area contributed by atoms with Crippen LogP contribution in [0.15, 0.2) is 36.9 Å². The summed E-state index contributed by atoms with van der Waals surface area (Å²) < 4.78 is 1.76. The molecule has 3 N–H and O–H groups in total. The third-order valence-corrected chi connectivity index (χ3v) is 4.20. The number of carboxylic acid groups (broad SMARTS) is 1. The summed E-state index contributed by atoms with van der Waals surface area (Å²) in [6.45, 7) is 0.592. The largest absolute Gasteiger partial charge is 0.481 e. The summed E-state index contributed by atoms with van der Waals surface area (Å²) in [7, 11) is 0. The van der Waals surface area contributed by atoms with Crippen LogP contribution in [-0.4, -0.2) is 32.2 Å². The SMILES string of the molecule is NCCC[C@H]1C[C@]1(C(=O)O)c1cn(-c2ccccn2)cn1. The molecule has 3 rings (SSSR count). The zero-order valence-electron chi connectivity index (χ0n) is 11.6. The highest BCUT2D eigenvalue weighted by molar-refractivity contribution is 5.85. The van der Waals surface area contributed by atoms with Gasteiger partial charge in [0.15, 0.2) is 0 Å². The predicted molar refractivity (Wildman–Crippen MR) is 77.1 cm³/mol. The topological polar surface area (TPSA) is 94.0 Å². The maximum Gasteiger partial charge on any atom is 0.316 e. The number of carbonyl (C=O) groups is 1. The summed E-state index contributed by atoms with van der Waals surface area (Å²) in [6, 6.07) is 5.58. The average molecular weight is 286 g/mol. The fourth-order valence-corrected chi connectivity index (χ4v) is 2.91. The molecule has 6 nitrogen and oxygen atoms in total. The lowest BCUT2D eigenvalue weighted by molar-refractivity contribution is -0.140. The monoisotopic (exact) mass is 286 g/mol. The van der Waals surface area contributed by atoms with Crippen molar-refractivity contribution in [3.8, 4) is 5.82 Å². The summed E-state index contributed by atoms with van der Waals surface area (Å²) in [4.78, 5) is 20.3. The first kappa shape index (κ1) is 13.8. The molecule has 1 fully saturated rings. The second-order valence-corrected chi connectivity index (χ2v) is 5.46. The molecule has 1 aliphatic rings. The summed E-state index contributed by atoms with van der Waals surface area (Å²) in [5.74, 6) is 0.0670. The van der Waals surface area contributed by atoms with Crippen LogP contribution in [0.25, 0.3) is 5.82 Å². The Hall–Kier alpha value is -2.21. The maximum absolute atomic E-state index is 11.7. The fourth-order valence-electron chi connectivity index (χ4n) is 2.91. The Morgan fingerprint density at radius 1 is 1.48 bits per heavy atom. The molecule has 0 radical (unpaired) electrons. The van der Waals surface area contributed by atoms with Crippen LogP contribution in [0.3, 0.4) is 0 Å². The van der Waals surface area contributed by atoms with Crippen molar-refractivity contribution in [2.24, 2.45) is 11.7 Å². The van der Waals surface area contributed by atoms with E-state index in [1.807, 2.05) is 18.2 Å². The van der Waals surface area contributed by atoms with E-state index < -0.39 is 11.4 Å². The Balaban J connectivity index is 1.86. The van der Waals surface area contributed by atoms with Crippen molar-refractivity contribution < 1.29 is 9.90 Å². The molecule has 2 aromatic rings. The third-order valence-electron chi connectivity index (χ3n) is 4.20. The van der Waals surface area contributed by atoms with Gasteiger partial charge in [-0.25, -0.2) is 9.97 Å². The molecule has 110 valence electrons. The molecular formula is C15H18N4O2. The van der Waals surface area contributed by atoms with Crippen molar-refractivity contribution in [2.45, 2.75) is 24.7 Å². The number of hydrogen-bond acceptors (Lipinski definition) is 4. The van der Waals surface area contributed by atoms with E-state index in [9.17, 15) is 9.90 Å². The Labute approximate surface area is 122 Å². The van der Waals surface area contributed by atoms with Crippen LogP contribution in [0.1, 0.15) is 25.0 Å². The minimum Gasteiger partial charge on any atom is -0.481 e. The second kappa shape index (κ2) is 5.29. The molecule has 0 saturated heterocycles. The number of carboxylic acids is 1. The lowest BCUT2D eigenvalue weighted by atomic mass is 9.98. The van der Waals surface area contributed by atoms with Gasteiger partial charge in [0.1, 0.15) is 17.6 Å². The van der Waals surface area contributed by atoms with Gasteiger partial charge in [-0.05, 0) is 43.9 Å². The highest BCUT2D eigenvalue weighted by atomic mass is 16.4. The molecule has 1 saturated carbocycles. The predicted octanol–water partition coefficient (Wildman–Crippen LogP) is 1.35. The third kappa shape index (κ3) is 2.31. The minimum absolute atomic E-state index is 0.130. The number of aliphatic carboxylic acids is 1. The van der Waals surface area contributed by atoms with Gasteiger partial charge in [-0.15, -0.1) is 0 Å². The molecule has 6 heteroatoms. The molecule has 21 heavy (non-hydrogen) atoms. The van der Waals surface area contributed by atoms with Gasteiger partial charge in [0.05, 0.1) is 5.69 Å². The van der Waals surface area contributed by atoms with Crippen LogP contribution in [-0.2, 0) is 10.2 Å². The summed E-state index contributed by atoms with van der Waals surface area (Å²) in [5.41, 5.74) is 5.29. The highest BCUT2D eigenvalue weighted by Crippen LogP contribution is 2.56. The van der Waals surface area contributed by atoms with Gasteiger partial charge < -0.3 is 10.8 Å². The van der Waals surface area contributed by atoms with Crippen LogP contribution in [0, 0.1) is 5.92 Å². The van der Waals surface area contributed by atoms with Crippen molar-refractivity contribution in [3.63, 3.8) is 0 Å². The normalized spacial score (nSPS) is 24.0. The average Bonchev–Trinajstić information content (AvgIpc) is 3.03. The van der Waals surface area contributed by atoms with Crippen LogP contribution in [0.2, 0.25) is 0 Å². The quantitative estimate of drug-likeness (QED) is 0.836. The van der Waals surface area contributed by atoms with E-state index in [4.69, 9.17) is 5.73 Å². The number of nitrogens with two attached hydrogens (primary N) is 1. The van der Waals surface area contributed by atoms with E-state index in [2.05, 4.69) is 9.97 Å². The second-order valence-electron chi connectivity index (χ2n) is 5.46. The molecule has 0 spiro atoms. The number of imidazole rings is 1. The number of pyridine rings is 1. The van der Waals surface area contributed by atoms with E-state index in [-0.39, 0.29) is 5.92 Å². The smallest absolute Gasteiger partial charge is 0.316 e. The zero-order valence-corrected chi connectivity index (χ0v) is 11.6. The van der Waals surface area contributed by atoms with Gasteiger partial charge in [0, 0.05) is 12.4 Å². The molecule has 2 heterocycles. The fraction of sp³-hybridized carbons (Fsp3) is 0.400. The Morgan fingerprint density at radius 2 is 2.33 bits per heavy atom. The highest BCUT2D eigenvalue weighted by Gasteiger charge is 2.62. The van der Waals surface area contributed by atoms with Gasteiger partial charge in [-0.1, -0.05) is 6.07 Å². The van der Waals surface area contributed by atoms with Gasteiger partial charge in [0.2, 0.25) is 0 Å². The summed E-state index contributed by atoms with van der Waals surface area (Å²) >= 11 is 0. The van der Waals surface area contributed by atoms with E-state index in [1.165, 1.54) is 0 Å². The summed E-state index contributed by atoms with van der Waals surface area (Å²) in [5, 5.41) is 9.61. The lowest BCUT2D eigenvalue weighted by Gasteiger charge is -2.09. The van der Waals surface area contributed by atoms with Gasteiger partial charge >= 0.3 is 5.97 Å². The van der Waals surface area contributed by atoms with Crippen molar-refractivity contribution in [3.05, 3.63) is 42.6 Å². The molecule has 0 aromatic carbocycles. The first-order valence-corrected chi connectivity index (χ1v) is 7.08. The molecule has 0 bridgehead atoms. The first-order chi connectivity index (χ1) is 10.2. The summed E-state index contributed by atoms with van der Waals surface area (Å²) in [6.07, 6.45) is 7.42. The van der Waals surface area contributed by atoms with Gasteiger partial charge in [-0.2, -0.15) is 0 Å². The van der Waals surface area contributed by atoms with Crippen LogP contribution < -0.4 is 5.73 Å². The Bertz CT molecular complexity index is 640. The number of rotatable bonds is 6. The van der Waals surface area contributed by atoms with Crippen molar-refractivity contribution >= 4 is 5.97 Å². The van der Waals surface area contributed by atoms with Gasteiger partial charge in [0.25, 0.3) is 0 Å². The molecule has 2 atom stereocenters. The van der Waals surface area contributed by atoms with Crippen molar-refractivity contribution in [2.75, 3.05) is 6.54 Å². The van der Waals surface area contributed by atoms with E-state index in [0.29, 0.717) is 18.7 Å². The molecule has 0 unspecified atom stereocenters. The van der Waals surface area contributed by atoms with Gasteiger partial charge in [-0.3, -0.25) is 9.36 Å².